The van der Waals surface area contributed by atoms with Crippen molar-refractivity contribution in [1.82, 2.24) is 36.8 Å². The topological polar surface area (TPSA) is 165 Å². The van der Waals surface area contributed by atoms with Crippen LogP contribution in [-0.2, 0) is 28.5 Å². The molecule has 0 unspecified atom stereocenters. The van der Waals surface area contributed by atoms with Crippen molar-refractivity contribution < 1.29 is 38.0 Å². The molecular formula is C64H85N7O8S2. The van der Waals surface area contributed by atoms with Gasteiger partial charge in [0, 0.05) is 65.2 Å². The number of amides is 2. The second-order valence-electron chi connectivity index (χ2n) is 20.1. The second kappa shape index (κ2) is 36.1. The maximum atomic E-state index is 12.5. The van der Waals surface area contributed by atoms with E-state index in [1.54, 1.807) is 0 Å². The zero-order chi connectivity index (χ0) is 57.4. The molecule has 4 aromatic rings. The van der Waals surface area contributed by atoms with Gasteiger partial charge in [0.1, 0.15) is 24.7 Å². The lowest BCUT2D eigenvalue weighted by atomic mass is 10.00. The van der Waals surface area contributed by atoms with Gasteiger partial charge in [-0.15, -0.1) is 0 Å². The van der Waals surface area contributed by atoms with Gasteiger partial charge in [-0.1, -0.05) is 91.9 Å². The molecule has 0 aromatic heterocycles. The van der Waals surface area contributed by atoms with Gasteiger partial charge in [-0.3, -0.25) is 9.59 Å². The average Bonchev–Trinajstić information content (AvgIpc) is 4.14. The Hall–Kier alpha value is -6.44. The summed E-state index contributed by atoms with van der Waals surface area (Å²) in [5, 5.41) is 19.3. The number of carbonyl (C=O) groups excluding carboxylic acids is 2. The Labute approximate surface area is 491 Å². The Morgan fingerprint density at radius 1 is 0.469 bits per heavy atom. The van der Waals surface area contributed by atoms with Crippen LogP contribution in [-0.4, -0.2) is 152 Å². The number of nitrogens with zero attached hydrogens (tertiary/aromatic N) is 1. The SMILES string of the molecule is CCN(CCC(=O)NCCNC(=S)NCCOCCOCC1=CCC(COc2c(C)cc(-c3ccccc3)cc2C)=C1)CCC(=O)NCCNC(=S)NCCOCCOCC1=CCC(COc2c(C)cc(-c3ccccc3)cc2C)=C1. The molecule has 0 fully saturated rings. The fourth-order valence-electron chi connectivity index (χ4n) is 9.27. The van der Waals surface area contributed by atoms with Gasteiger partial charge in [-0.2, -0.15) is 0 Å². The summed E-state index contributed by atoms with van der Waals surface area (Å²) >= 11 is 10.7. The lowest BCUT2D eigenvalue weighted by Crippen LogP contribution is -2.42. The van der Waals surface area contributed by atoms with Gasteiger partial charge in [0.2, 0.25) is 11.8 Å². The van der Waals surface area contributed by atoms with E-state index in [-0.39, 0.29) is 11.8 Å². The molecule has 436 valence electrons. The van der Waals surface area contributed by atoms with Gasteiger partial charge in [0.05, 0.1) is 52.9 Å². The maximum Gasteiger partial charge on any atom is 0.221 e. The minimum Gasteiger partial charge on any atom is -0.489 e. The molecule has 15 nitrogen and oxygen atoms in total. The lowest BCUT2D eigenvalue weighted by molar-refractivity contribution is -0.121. The predicted molar refractivity (Wildman–Crippen MR) is 333 cm³/mol. The van der Waals surface area contributed by atoms with Crippen LogP contribution in [0.25, 0.3) is 22.3 Å². The Kier molecular flexibility index (Phi) is 28.4. The number of carbonyl (C=O) groups is 2. The third-order valence-electron chi connectivity index (χ3n) is 13.5. The summed E-state index contributed by atoms with van der Waals surface area (Å²) in [6, 6.07) is 29.6. The molecule has 2 aliphatic rings. The van der Waals surface area contributed by atoms with E-state index in [0.29, 0.717) is 141 Å². The van der Waals surface area contributed by atoms with Crippen LogP contribution in [0.2, 0.25) is 0 Å². The van der Waals surface area contributed by atoms with Crippen LogP contribution >= 0.6 is 24.4 Å². The molecule has 0 heterocycles. The van der Waals surface area contributed by atoms with E-state index in [4.69, 9.17) is 52.9 Å². The molecule has 6 rings (SSSR count). The minimum atomic E-state index is -0.0546. The van der Waals surface area contributed by atoms with Crippen molar-refractivity contribution in [3.05, 3.63) is 154 Å². The van der Waals surface area contributed by atoms with Crippen LogP contribution in [0.1, 0.15) is 54.9 Å². The molecule has 2 amide bonds. The molecule has 4 aromatic carbocycles. The average molecular weight is 1140 g/mol. The van der Waals surface area contributed by atoms with Crippen molar-refractivity contribution in [2.24, 2.45) is 0 Å². The number of nitrogens with one attached hydrogen (secondary N) is 6. The van der Waals surface area contributed by atoms with Crippen LogP contribution in [0.5, 0.6) is 11.5 Å². The van der Waals surface area contributed by atoms with Crippen LogP contribution in [0, 0.1) is 27.7 Å². The highest BCUT2D eigenvalue weighted by molar-refractivity contribution is 7.80. The van der Waals surface area contributed by atoms with E-state index < -0.39 is 0 Å². The first-order chi connectivity index (χ1) is 39.4. The van der Waals surface area contributed by atoms with Gasteiger partial charge in [-0.25, -0.2) is 0 Å². The largest absolute Gasteiger partial charge is 0.489 e. The van der Waals surface area contributed by atoms with Crippen LogP contribution in [0.4, 0.5) is 0 Å². The van der Waals surface area contributed by atoms with Crippen molar-refractivity contribution >= 4 is 46.5 Å². The molecule has 0 saturated heterocycles. The summed E-state index contributed by atoms with van der Waals surface area (Å²) in [6.07, 6.45) is 11.1. The highest BCUT2D eigenvalue weighted by atomic mass is 32.1. The third-order valence-corrected chi connectivity index (χ3v) is 14.1. The predicted octanol–water partition coefficient (Wildman–Crippen LogP) is 8.55. The van der Waals surface area contributed by atoms with Crippen molar-refractivity contribution in [3.63, 3.8) is 0 Å². The molecule has 0 radical (unpaired) electrons. The van der Waals surface area contributed by atoms with E-state index in [9.17, 15) is 9.59 Å². The first kappa shape index (κ1) is 63.7. The first-order valence-corrected chi connectivity index (χ1v) is 29.2. The standard InChI is InChI=1S/C64H85N7O8S2/c1-6-71(29-21-59(72)65-23-25-67-63(80)69-27-31-74-33-35-76-43-51-17-19-53(41-51)45-78-61-47(2)37-57(38-48(61)3)55-13-9-7-10-14-55)30-22-60(73)66-24-26-68-64(81)70-28-32-75-34-36-77-44-52-18-20-54(42-52)46-79-62-49(4)39-58(40-50(62)5)56-15-11-8-12-16-56/h7-18,37-42H,6,19-36,43-46H2,1-5H3,(H,65,72)(H,66,73)(H2,67,69,80)(H2,68,70,81). The maximum absolute atomic E-state index is 12.5. The summed E-state index contributed by atoms with van der Waals surface area (Å²) in [7, 11) is 0. The number of aryl methyl sites for hydroxylation is 4. The number of hydrogen-bond donors (Lipinski definition) is 6. The molecule has 17 heteroatoms. The van der Waals surface area contributed by atoms with Crippen LogP contribution in [0.15, 0.2) is 132 Å². The Balaban J connectivity index is 0.672. The lowest BCUT2D eigenvalue weighted by Gasteiger charge is -2.20. The molecular weight excluding hydrogens is 1060 g/mol. The van der Waals surface area contributed by atoms with E-state index in [1.807, 2.05) is 19.1 Å². The molecule has 2 aliphatic carbocycles. The summed E-state index contributed by atoms with van der Waals surface area (Å²) in [5.41, 5.74) is 14.1. The monoisotopic (exact) mass is 1140 g/mol. The highest BCUT2D eigenvalue weighted by Gasteiger charge is 2.15. The smallest absolute Gasteiger partial charge is 0.221 e. The number of rotatable bonds is 37. The second-order valence-corrected chi connectivity index (χ2v) is 20.9. The van der Waals surface area contributed by atoms with Crippen LogP contribution < -0.4 is 41.4 Å². The molecule has 0 bridgehead atoms. The fourth-order valence-corrected chi connectivity index (χ4v) is 9.67. The van der Waals surface area contributed by atoms with Crippen molar-refractivity contribution in [2.45, 2.75) is 60.3 Å². The number of benzene rings is 4. The zero-order valence-corrected chi connectivity index (χ0v) is 49.8. The third kappa shape index (κ3) is 23.9. The van der Waals surface area contributed by atoms with Crippen molar-refractivity contribution in [3.8, 4) is 33.8 Å². The van der Waals surface area contributed by atoms with E-state index in [0.717, 1.165) is 64.3 Å². The van der Waals surface area contributed by atoms with Crippen molar-refractivity contribution in [2.75, 3.05) is 125 Å². The summed E-state index contributed by atoms with van der Waals surface area (Å²) < 4.78 is 35.7. The fraction of sp³-hybridized carbons (Fsp3) is 0.438. The summed E-state index contributed by atoms with van der Waals surface area (Å²) in [4.78, 5) is 27.1. The van der Waals surface area contributed by atoms with Gasteiger partial charge in [0.25, 0.3) is 0 Å². The van der Waals surface area contributed by atoms with Gasteiger partial charge < -0.3 is 65.2 Å². The molecule has 0 aliphatic heterocycles. The Morgan fingerprint density at radius 3 is 1.23 bits per heavy atom. The quantitative estimate of drug-likeness (QED) is 0.0188. The van der Waals surface area contributed by atoms with E-state index in [1.165, 1.54) is 33.4 Å². The molecule has 0 spiro atoms. The molecule has 6 N–H and O–H groups in total. The number of ether oxygens (including phenoxy) is 6. The van der Waals surface area contributed by atoms with Gasteiger partial charge in [0.15, 0.2) is 10.2 Å². The first-order valence-electron chi connectivity index (χ1n) is 28.4. The van der Waals surface area contributed by atoms with Crippen molar-refractivity contribution in [1.29, 1.82) is 0 Å². The van der Waals surface area contributed by atoms with Gasteiger partial charge in [-0.05, 0) is 163 Å². The number of allylic oxidation sites excluding steroid dienone is 2. The zero-order valence-electron chi connectivity index (χ0n) is 48.2. The van der Waals surface area contributed by atoms with E-state index >= 15 is 0 Å². The van der Waals surface area contributed by atoms with Crippen LogP contribution in [0.3, 0.4) is 0 Å². The highest BCUT2D eigenvalue weighted by Crippen LogP contribution is 2.33. The minimum absolute atomic E-state index is 0.0546. The normalized spacial score (nSPS) is 12.8. The Morgan fingerprint density at radius 2 is 0.840 bits per heavy atom. The number of hydrogen-bond acceptors (Lipinski definition) is 11. The van der Waals surface area contributed by atoms with E-state index in [2.05, 4.69) is 162 Å². The molecule has 81 heavy (non-hydrogen) atoms. The number of thiocarbonyl (C=S) groups is 2. The summed E-state index contributed by atoms with van der Waals surface area (Å²) in [6.45, 7) is 20.3. The van der Waals surface area contributed by atoms with Gasteiger partial charge >= 0.3 is 0 Å². The Bertz CT molecular complexity index is 2540. The molecule has 0 saturated carbocycles. The molecule has 0 atom stereocenters. The summed E-state index contributed by atoms with van der Waals surface area (Å²) in [5.74, 6) is 1.78.